The lowest BCUT2D eigenvalue weighted by atomic mass is 9.93. The molecule has 0 unspecified atom stereocenters. The summed E-state index contributed by atoms with van der Waals surface area (Å²) >= 11 is 0. The molecule has 0 saturated heterocycles. The Labute approximate surface area is 157 Å². The van der Waals surface area contributed by atoms with Gasteiger partial charge in [0.1, 0.15) is 11.1 Å². The minimum absolute atomic E-state index is 0.0103. The number of fused-ring (bicyclic) bond motifs is 1. The quantitative estimate of drug-likeness (QED) is 0.582. The molecule has 2 rings (SSSR count). The topological polar surface area (TPSA) is 113 Å². The molecule has 0 saturated carbocycles. The number of ether oxygens (including phenoxy) is 1. The first-order chi connectivity index (χ1) is 12.5. The third kappa shape index (κ3) is 4.27. The number of amides is 3. The predicted molar refractivity (Wildman–Crippen MR) is 96.5 cm³/mol. The second-order valence-corrected chi connectivity index (χ2v) is 7.60. The van der Waals surface area contributed by atoms with Gasteiger partial charge < -0.3 is 15.2 Å². The zero-order valence-electron chi connectivity index (χ0n) is 15.9. The summed E-state index contributed by atoms with van der Waals surface area (Å²) in [4.78, 5) is 49.6. The lowest BCUT2D eigenvalue weighted by molar-refractivity contribution is -0.148. The summed E-state index contributed by atoms with van der Waals surface area (Å²) in [5.41, 5.74) is -1.97. The van der Waals surface area contributed by atoms with E-state index in [1.807, 2.05) is 0 Å². The highest BCUT2D eigenvalue weighted by atomic mass is 16.6. The van der Waals surface area contributed by atoms with Crippen molar-refractivity contribution in [2.24, 2.45) is 0 Å². The molecule has 0 bridgehead atoms. The Morgan fingerprint density at radius 3 is 2.04 bits per heavy atom. The van der Waals surface area contributed by atoms with Gasteiger partial charge in [0, 0.05) is 6.54 Å². The second-order valence-electron chi connectivity index (χ2n) is 7.60. The van der Waals surface area contributed by atoms with E-state index >= 15 is 0 Å². The Bertz CT molecular complexity index is 748. The van der Waals surface area contributed by atoms with E-state index in [0.717, 1.165) is 4.90 Å². The zero-order chi connectivity index (χ0) is 20.4. The van der Waals surface area contributed by atoms with Gasteiger partial charge in [0.25, 0.3) is 11.8 Å². The molecule has 27 heavy (non-hydrogen) atoms. The van der Waals surface area contributed by atoms with Crippen LogP contribution in [0.3, 0.4) is 0 Å². The molecule has 0 radical (unpaired) electrons. The van der Waals surface area contributed by atoms with E-state index < -0.39 is 35.0 Å². The minimum atomic E-state index is -1.72. The Hall–Kier alpha value is -2.90. The molecule has 1 heterocycles. The van der Waals surface area contributed by atoms with E-state index in [-0.39, 0.29) is 30.5 Å². The molecule has 1 aliphatic heterocycles. The van der Waals surface area contributed by atoms with Crippen molar-refractivity contribution in [3.8, 4) is 0 Å². The molecule has 2 N–H and O–H groups in total. The highest BCUT2D eigenvalue weighted by molar-refractivity contribution is 6.23. The highest BCUT2D eigenvalue weighted by Gasteiger charge is 2.50. The number of benzene rings is 1. The average molecular weight is 376 g/mol. The monoisotopic (exact) mass is 376 g/mol. The van der Waals surface area contributed by atoms with Crippen LogP contribution in [0, 0.1) is 0 Å². The summed E-state index contributed by atoms with van der Waals surface area (Å²) in [5.74, 6) is -2.53. The molecule has 146 valence electrons. The number of imide groups is 1. The van der Waals surface area contributed by atoms with Crippen LogP contribution in [0.15, 0.2) is 24.3 Å². The summed E-state index contributed by atoms with van der Waals surface area (Å²) in [7, 11) is 0. The number of hydrogen-bond acceptors (Lipinski definition) is 5. The third-order valence-corrected chi connectivity index (χ3v) is 4.26. The number of alkyl carbamates (subject to hydrolysis) is 1. The van der Waals surface area contributed by atoms with Crippen LogP contribution in [0.25, 0.3) is 0 Å². The van der Waals surface area contributed by atoms with Crippen LogP contribution < -0.4 is 5.32 Å². The SMILES string of the molecule is CC(C)(C)OC(=O)NCCC[C@](C)(C(=O)O)N1C(=O)c2ccccc2C1=O. The van der Waals surface area contributed by atoms with E-state index in [4.69, 9.17) is 4.74 Å². The molecule has 3 amide bonds. The third-order valence-electron chi connectivity index (χ3n) is 4.26. The van der Waals surface area contributed by atoms with Crippen molar-refractivity contribution in [2.75, 3.05) is 6.54 Å². The molecule has 0 fully saturated rings. The van der Waals surface area contributed by atoms with Crippen LogP contribution in [-0.2, 0) is 9.53 Å². The highest BCUT2D eigenvalue weighted by Crippen LogP contribution is 2.32. The molecule has 8 nitrogen and oxygen atoms in total. The molecule has 0 spiro atoms. The molecule has 0 aliphatic carbocycles. The Balaban J connectivity index is 2.06. The van der Waals surface area contributed by atoms with Crippen molar-refractivity contribution in [1.29, 1.82) is 0 Å². The molecule has 1 aromatic rings. The maximum Gasteiger partial charge on any atom is 0.407 e. The van der Waals surface area contributed by atoms with Crippen LogP contribution >= 0.6 is 0 Å². The van der Waals surface area contributed by atoms with E-state index in [1.54, 1.807) is 32.9 Å². The van der Waals surface area contributed by atoms with Gasteiger partial charge in [0.05, 0.1) is 11.1 Å². The fraction of sp³-hybridized carbons (Fsp3) is 0.474. The summed E-state index contributed by atoms with van der Waals surface area (Å²) in [6.45, 7) is 6.69. The summed E-state index contributed by atoms with van der Waals surface area (Å²) in [6.07, 6.45) is -0.376. The van der Waals surface area contributed by atoms with E-state index in [2.05, 4.69) is 5.32 Å². The number of aliphatic carboxylic acids is 1. The normalized spacial score (nSPS) is 15.9. The smallest absolute Gasteiger partial charge is 0.407 e. The van der Waals surface area contributed by atoms with Crippen molar-refractivity contribution in [1.82, 2.24) is 10.2 Å². The van der Waals surface area contributed by atoms with Crippen molar-refractivity contribution in [2.45, 2.75) is 51.7 Å². The lowest BCUT2D eigenvalue weighted by Crippen LogP contribution is -2.55. The van der Waals surface area contributed by atoms with Gasteiger partial charge in [-0.25, -0.2) is 9.59 Å². The van der Waals surface area contributed by atoms with Crippen molar-refractivity contribution in [3.05, 3.63) is 35.4 Å². The first kappa shape index (κ1) is 20.4. The van der Waals surface area contributed by atoms with Gasteiger partial charge in [-0.05, 0) is 52.7 Å². The number of nitrogens with one attached hydrogen (secondary N) is 1. The number of nitrogens with zero attached hydrogens (tertiary/aromatic N) is 1. The van der Waals surface area contributed by atoms with Crippen LogP contribution in [0.2, 0.25) is 0 Å². The fourth-order valence-corrected chi connectivity index (χ4v) is 2.89. The molecule has 0 aromatic heterocycles. The number of carbonyl (C=O) groups excluding carboxylic acids is 3. The minimum Gasteiger partial charge on any atom is -0.479 e. The molecular weight excluding hydrogens is 352 g/mol. The summed E-state index contributed by atoms with van der Waals surface area (Å²) < 4.78 is 5.11. The summed E-state index contributed by atoms with van der Waals surface area (Å²) in [6, 6.07) is 6.25. The van der Waals surface area contributed by atoms with Crippen molar-refractivity contribution in [3.63, 3.8) is 0 Å². The largest absolute Gasteiger partial charge is 0.479 e. The molecule has 1 atom stereocenters. The predicted octanol–water partition coefficient (Wildman–Crippen LogP) is 2.43. The molecular formula is C19H24N2O6. The average Bonchev–Trinajstić information content (AvgIpc) is 2.82. The molecule has 1 aliphatic rings. The second kappa shape index (κ2) is 7.38. The Morgan fingerprint density at radius 1 is 1.07 bits per heavy atom. The molecule has 1 aromatic carbocycles. The first-order valence-electron chi connectivity index (χ1n) is 8.65. The van der Waals surface area contributed by atoms with E-state index in [9.17, 15) is 24.3 Å². The Kier molecular flexibility index (Phi) is 5.58. The van der Waals surface area contributed by atoms with Crippen molar-refractivity contribution < 1.29 is 29.0 Å². The number of carbonyl (C=O) groups is 4. The van der Waals surface area contributed by atoms with Gasteiger partial charge in [0.15, 0.2) is 0 Å². The lowest BCUT2D eigenvalue weighted by Gasteiger charge is -2.33. The number of carboxylic acid groups (broad SMARTS) is 1. The maximum atomic E-state index is 12.6. The van der Waals surface area contributed by atoms with Gasteiger partial charge in [0.2, 0.25) is 0 Å². The van der Waals surface area contributed by atoms with Gasteiger partial charge in [-0.15, -0.1) is 0 Å². The fourth-order valence-electron chi connectivity index (χ4n) is 2.89. The number of rotatable bonds is 6. The van der Waals surface area contributed by atoms with Crippen molar-refractivity contribution >= 4 is 23.9 Å². The number of carboxylic acids is 1. The van der Waals surface area contributed by atoms with Gasteiger partial charge in [-0.1, -0.05) is 12.1 Å². The van der Waals surface area contributed by atoms with E-state index in [0.29, 0.717) is 0 Å². The molecule has 8 heteroatoms. The Morgan fingerprint density at radius 2 is 1.59 bits per heavy atom. The zero-order valence-corrected chi connectivity index (χ0v) is 15.9. The van der Waals surface area contributed by atoms with Crippen LogP contribution in [-0.4, -0.2) is 51.6 Å². The van der Waals surface area contributed by atoms with Gasteiger partial charge in [-0.3, -0.25) is 14.5 Å². The maximum absolute atomic E-state index is 12.6. The van der Waals surface area contributed by atoms with Gasteiger partial charge in [-0.2, -0.15) is 0 Å². The van der Waals surface area contributed by atoms with E-state index in [1.165, 1.54) is 19.1 Å². The first-order valence-corrected chi connectivity index (χ1v) is 8.65. The standard InChI is InChI=1S/C19H24N2O6/c1-18(2,3)27-17(26)20-11-7-10-19(4,16(24)25)21-14(22)12-8-5-6-9-13(12)15(21)23/h5-6,8-9H,7,10-11H2,1-4H3,(H,20,26)(H,24,25)/t19-/m1/s1. The van der Waals surface area contributed by atoms with Crippen LogP contribution in [0.5, 0.6) is 0 Å². The number of hydrogen-bond donors (Lipinski definition) is 2. The van der Waals surface area contributed by atoms with Gasteiger partial charge >= 0.3 is 12.1 Å². The van der Waals surface area contributed by atoms with Crippen LogP contribution in [0.4, 0.5) is 4.79 Å². The van der Waals surface area contributed by atoms with Crippen LogP contribution in [0.1, 0.15) is 61.3 Å². The summed E-state index contributed by atoms with van der Waals surface area (Å²) in [5, 5.41) is 12.2.